The van der Waals surface area contributed by atoms with Gasteiger partial charge >= 0.3 is 5.97 Å². The number of tetrazole rings is 1. The molecule has 0 saturated heterocycles. The zero-order chi connectivity index (χ0) is 13.4. The molecule has 102 valence electrons. The minimum atomic E-state index is -0.911. The molecule has 1 aromatic heterocycles. The summed E-state index contributed by atoms with van der Waals surface area (Å²) >= 11 is 0. The molecule has 1 atom stereocenters. The highest BCUT2D eigenvalue weighted by Crippen LogP contribution is 2.03. The molecule has 0 amide bonds. The van der Waals surface area contributed by atoms with Crippen molar-refractivity contribution in [2.45, 2.75) is 32.4 Å². The van der Waals surface area contributed by atoms with Crippen LogP contribution in [0.1, 0.15) is 19.2 Å². The number of rotatable bonds is 9. The van der Waals surface area contributed by atoms with Gasteiger partial charge in [-0.15, -0.1) is 5.10 Å². The van der Waals surface area contributed by atoms with Crippen molar-refractivity contribution in [1.29, 1.82) is 0 Å². The number of aromatic nitrogens is 4. The highest BCUT2D eigenvalue weighted by molar-refractivity contribution is 5.67. The number of hydrogen-bond acceptors (Lipinski definition) is 6. The van der Waals surface area contributed by atoms with Crippen LogP contribution in [-0.4, -0.2) is 57.7 Å². The summed E-state index contributed by atoms with van der Waals surface area (Å²) in [5.74, 6) is -0.248. The van der Waals surface area contributed by atoms with E-state index in [1.807, 2.05) is 6.92 Å². The first kappa shape index (κ1) is 14.5. The van der Waals surface area contributed by atoms with E-state index in [-0.39, 0.29) is 6.42 Å². The fourth-order valence-electron chi connectivity index (χ4n) is 1.46. The minimum Gasteiger partial charge on any atom is -0.481 e. The second kappa shape index (κ2) is 7.72. The summed E-state index contributed by atoms with van der Waals surface area (Å²) in [5, 5.41) is 20.0. The normalized spacial score (nSPS) is 12.6. The lowest BCUT2D eigenvalue weighted by atomic mass is 10.2. The van der Waals surface area contributed by atoms with E-state index < -0.39 is 12.1 Å². The SMILES string of the molecule is CCOCCc1nnnn1CC(CC(=O)O)OC. The van der Waals surface area contributed by atoms with E-state index in [2.05, 4.69) is 15.5 Å². The molecule has 0 aliphatic carbocycles. The van der Waals surface area contributed by atoms with Crippen molar-refractivity contribution < 1.29 is 19.4 Å². The van der Waals surface area contributed by atoms with Gasteiger partial charge in [0.05, 0.1) is 25.7 Å². The van der Waals surface area contributed by atoms with Crippen molar-refractivity contribution in [3.63, 3.8) is 0 Å². The van der Waals surface area contributed by atoms with Crippen LogP contribution in [0, 0.1) is 0 Å². The van der Waals surface area contributed by atoms with Gasteiger partial charge in [-0.3, -0.25) is 4.79 Å². The van der Waals surface area contributed by atoms with Gasteiger partial charge in [0.15, 0.2) is 5.82 Å². The maximum atomic E-state index is 10.6. The molecule has 1 aromatic rings. The highest BCUT2D eigenvalue weighted by Gasteiger charge is 2.16. The van der Waals surface area contributed by atoms with Gasteiger partial charge in [-0.2, -0.15) is 0 Å². The molecule has 8 nitrogen and oxygen atoms in total. The summed E-state index contributed by atoms with van der Waals surface area (Å²) in [6.45, 7) is 3.41. The molecule has 0 aliphatic heterocycles. The van der Waals surface area contributed by atoms with Crippen molar-refractivity contribution in [2.24, 2.45) is 0 Å². The van der Waals surface area contributed by atoms with Crippen LogP contribution in [-0.2, 0) is 27.2 Å². The fraction of sp³-hybridized carbons (Fsp3) is 0.800. The van der Waals surface area contributed by atoms with Gasteiger partial charge in [0.25, 0.3) is 0 Å². The molecular weight excluding hydrogens is 240 g/mol. The lowest BCUT2D eigenvalue weighted by molar-refractivity contribution is -0.140. The predicted molar refractivity (Wildman–Crippen MR) is 61.1 cm³/mol. The molecule has 8 heteroatoms. The fourth-order valence-corrected chi connectivity index (χ4v) is 1.46. The molecule has 1 unspecified atom stereocenters. The number of carboxylic acid groups (broad SMARTS) is 1. The van der Waals surface area contributed by atoms with Crippen molar-refractivity contribution in [2.75, 3.05) is 20.3 Å². The lowest BCUT2D eigenvalue weighted by Gasteiger charge is -2.13. The number of ether oxygens (including phenoxy) is 2. The minimum absolute atomic E-state index is 0.0821. The molecule has 0 saturated carbocycles. The molecule has 18 heavy (non-hydrogen) atoms. The molecule has 1 heterocycles. The van der Waals surface area contributed by atoms with E-state index in [1.165, 1.54) is 7.11 Å². The Bertz CT molecular complexity index is 369. The highest BCUT2D eigenvalue weighted by atomic mass is 16.5. The number of methoxy groups -OCH3 is 1. The average molecular weight is 258 g/mol. The van der Waals surface area contributed by atoms with Crippen LogP contribution < -0.4 is 0 Å². The quantitative estimate of drug-likeness (QED) is 0.609. The Balaban J connectivity index is 2.54. The van der Waals surface area contributed by atoms with Crippen LogP contribution >= 0.6 is 0 Å². The Morgan fingerprint density at radius 3 is 2.94 bits per heavy atom. The van der Waals surface area contributed by atoms with Gasteiger partial charge in [-0.1, -0.05) is 0 Å². The first-order chi connectivity index (χ1) is 8.67. The first-order valence-corrected chi connectivity index (χ1v) is 5.74. The Kier molecular flexibility index (Phi) is 6.23. The van der Waals surface area contributed by atoms with Crippen LogP contribution in [0.2, 0.25) is 0 Å². The van der Waals surface area contributed by atoms with E-state index in [1.54, 1.807) is 4.68 Å². The maximum Gasteiger partial charge on any atom is 0.306 e. The molecule has 0 fully saturated rings. The molecule has 1 rings (SSSR count). The van der Waals surface area contributed by atoms with Gasteiger partial charge in [-0.25, -0.2) is 4.68 Å². The third kappa shape index (κ3) is 4.76. The lowest BCUT2D eigenvalue weighted by Crippen LogP contribution is -2.24. The zero-order valence-corrected chi connectivity index (χ0v) is 10.6. The number of carbonyl (C=O) groups is 1. The number of hydrogen-bond donors (Lipinski definition) is 1. The van der Waals surface area contributed by atoms with Crippen LogP contribution in [0.15, 0.2) is 0 Å². The van der Waals surface area contributed by atoms with Crippen LogP contribution in [0.3, 0.4) is 0 Å². The molecule has 0 radical (unpaired) electrons. The second-order valence-electron chi connectivity index (χ2n) is 3.68. The van der Waals surface area contributed by atoms with Crippen molar-refractivity contribution >= 4 is 5.97 Å². The summed E-state index contributed by atoms with van der Waals surface area (Å²) in [6, 6.07) is 0. The summed E-state index contributed by atoms with van der Waals surface area (Å²) in [7, 11) is 1.47. The Hall–Kier alpha value is -1.54. The first-order valence-electron chi connectivity index (χ1n) is 5.74. The summed E-state index contributed by atoms with van der Waals surface area (Å²) in [6.07, 6.45) is 0.0582. The largest absolute Gasteiger partial charge is 0.481 e. The topological polar surface area (TPSA) is 99.4 Å². The Morgan fingerprint density at radius 2 is 2.33 bits per heavy atom. The van der Waals surface area contributed by atoms with Crippen LogP contribution in [0.25, 0.3) is 0 Å². The van der Waals surface area contributed by atoms with E-state index in [4.69, 9.17) is 14.6 Å². The van der Waals surface area contributed by atoms with Crippen molar-refractivity contribution in [1.82, 2.24) is 20.2 Å². The molecule has 1 N–H and O–H groups in total. The third-order valence-corrected chi connectivity index (χ3v) is 2.39. The number of carboxylic acids is 1. The van der Waals surface area contributed by atoms with Crippen molar-refractivity contribution in [3.8, 4) is 0 Å². The van der Waals surface area contributed by atoms with Gasteiger partial charge in [-0.05, 0) is 17.4 Å². The van der Waals surface area contributed by atoms with E-state index >= 15 is 0 Å². The second-order valence-corrected chi connectivity index (χ2v) is 3.68. The Labute approximate surface area is 105 Å². The van der Waals surface area contributed by atoms with Crippen molar-refractivity contribution in [3.05, 3.63) is 5.82 Å². The molecule has 0 aromatic carbocycles. The standard InChI is InChI=1S/C10H18N4O4/c1-3-18-5-4-9-11-12-13-14(9)7-8(17-2)6-10(15)16/h8H,3-7H2,1-2H3,(H,15,16). The monoisotopic (exact) mass is 258 g/mol. The van der Waals surface area contributed by atoms with Gasteiger partial charge in [0.1, 0.15) is 0 Å². The average Bonchev–Trinajstić information content (AvgIpc) is 2.75. The summed E-state index contributed by atoms with van der Waals surface area (Å²) < 4.78 is 11.9. The summed E-state index contributed by atoms with van der Waals surface area (Å²) in [5.41, 5.74) is 0. The van der Waals surface area contributed by atoms with Crippen LogP contribution in [0.5, 0.6) is 0 Å². The van der Waals surface area contributed by atoms with Gasteiger partial charge < -0.3 is 14.6 Å². The maximum absolute atomic E-state index is 10.6. The zero-order valence-electron chi connectivity index (χ0n) is 10.6. The predicted octanol–water partition coefficient (Wildman–Crippen LogP) is -0.258. The molecule has 0 aliphatic rings. The number of aliphatic carboxylic acids is 1. The smallest absolute Gasteiger partial charge is 0.306 e. The van der Waals surface area contributed by atoms with E-state index in [0.29, 0.717) is 32.0 Å². The molecule has 0 bridgehead atoms. The third-order valence-electron chi connectivity index (χ3n) is 2.39. The van der Waals surface area contributed by atoms with E-state index in [9.17, 15) is 4.79 Å². The van der Waals surface area contributed by atoms with Crippen LogP contribution in [0.4, 0.5) is 0 Å². The van der Waals surface area contributed by atoms with Gasteiger partial charge in [0.2, 0.25) is 0 Å². The molecular formula is C10H18N4O4. The Morgan fingerprint density at radius 1 is 1.56 bits per heavy atom. The summed E-state index contributed by atoms with van der Waals surface area (Å²) in [4.78, 5) is 10.6. The molecule has 0 spiro atoms. The van der Waals surface area contributed by atoms with Gasteiger partial charge in [0, 0.05) is 20.1 Å². The number of nitrogens with zero attached hydrogens (tertiary/aromatic N) is 4. The van der Waals surface area contributed by atoms with E-state index in [0.717, 1.165) is 0 Å².